The Balaban J connectivity index is 1.35. The van der Waals surface area contributed by atoms with Crippen LogP contribution in [0.25, 0.3) is 0 Å². The van der Waals surface area contributed by atoms with Gasteiger partial charge in [0.15, 0.2) is 0 Å². The van der Waals surface area contributed by atoms with E-state index in [2.05, 4.69) is 32.8 Å². The summed E-state index contributed by atoms with van der Waals surface area (Å²) in [7, 11) is 0. The smallest absolute Gasteiger partial charge is 0.227 e. The van der Waals surface area contributed by atoms with Crippen molar-refractivity contribution in [3.63, 3.8) is 0 Å². The van der Waals surface area contributed by atoms with E-state index in [0.717, 1.165) is 43.4 Å². The highest BCUT2D eigenvalue weighted by atomic mass is 35.5. The molecule has 2 aromatic rings. The summed E-state index contributed by atoms with van der Waals surface area (Å²) in [4.78, 5) is 28.2. The monoisotopic (exact) mass is 413 g/mol. The van der Waals surface area contributed by atoms with Crippen LogP contribution in [-0.4, -0.2) is 60.0 Å². The van der Waals surface area contributed by atoms with Gasteiger partial charge >= 0.3 is 0 Å². The van der Waals surface area contributed by atoms with Crippen molar-refractivity contribution in [2.45, 2.75) is 26.2 Å². The third kappa shape index (κ3) is 4.81. The van der Waals surface area contributed by atoms with E-state index in [-0.39, 0.29) is 5.91 Å². The molecule has 2 aliphatic rings. The van der Waals surface area contributed by atoms with Crippen molar-refractivity contribution in [2.24, 2.45) is 5.92 Å². The highest BCUT2D eigenvalue weighted by Crippen LogP contribution is 2.24. The van der Waals surface area contributed by atoms with Crippen LogP contribution in [0.3, 0.4) is 0 Å². The molecule has 0 N–H and O–H groups in total. The maximum atomic E-state index is 12.7. The van der Waals surface area contributed by atoms with Gasteiger partial charge < -0.3 is 14.7 Å². The summed E-state index contributed by atoms with van der Waals surface area (Å²) in [5, 5.41) is 0.653. The summed E-state index contributed by atoms with van der Waals surface area (Å²) in [6.45, 7) is 7.37. The van der Waals surface area contributed by atoms with Gasteiger partial charge in [0.1, 0.15) is 18.0 Å². The zero-order chi connectivity index (χ0) is 20.2. The topological polar surface area (TPSA) is 52.6 Å². The third-order valence-corrected chi connectivity index (χ3v) is 6.24. The molecule has 0 spiro atoms. The van der Waals surface area contributed by atoms with Gasteiger partial charge in [-0.1, -0.05) is 36.7 Å². The number of anilines is 2. The van der Waals surface area contributed by atoms with Gasteiger partial charge in [0, 0.05) is 50.4 Å². The van der Waals surface area contributed by atoms with Crippen molar-refractivity contribution in [1.29, 1.82) is 0 Å². The molecule has 2 aliphatic heterocycles. The summed E-state index contributed by atoms with van der Waals surface area (Å²) in [5.41, 5.74) is 0.887. The molecule has 7 heteroatoms. The second-order valence-electron chi connectivity index (χ2n) is 8.06. The Bertz CT molecular complexity index is 853. The lowest BCUT2D eigenvalue weighted by molar-refractivity contribution is -0.130. The average Bonchev–Trinajstić information content (AvgIpc) is 2.75. The van der Waals surface area contributed by atoms with Crippen LogP contribution in [0.15, 0.2) is 36.7 Å². The molecule has 1 aromatic heterocycles. The molecule has 1 aromatic carbocycles. The van der Waals surface area contributed by atoms with Gasteiger partial charge in [-0.05, 0) is 30.4 Å². The van der Waals surface area contributed by atoms with E-state index in [0.29, 0.717) is 30.5 Å². The van der Waals surface area contributed by atoms with Crippen LogP contribution < -0.4 is 9.80 Å². The molecule has 2 fully saturated rings. The number of nitrogens with zero attached hydrogens (tertiary/aromatic N) is 5. The summed E-state index contributed by atoms with van der Waals surface area (Å²) >= 11 is 6.20. The Morgan fingerprint density at radius 2 is 1.79 bits per heavy atom. The van der Waals surface area contributed by atoms with Gasteiger partial charge in [-0.25, -0.2) is 9.97 Å². The van der Waals surface area contributed by atoms with E-state index in [9.17, 15) is 4.79 Å². The van der Waals surface area contributed by atoms with Crippen LogP contribution in [-0.2, 0) is 11.2 Å². The van der Waals surface area contributed by atoms with E-state index in [1.165, 1.54) is 12.8 Å². The van der Waals surface area contributed by atoms with Crippen molar-refractivity contribution in [2.75, 3.05) is 49.1 Å². The summed E-state index contributed by atoms with van der Waals surface area (Å²) in [6, 6.07) is 9.65. The highest BCUT2D eigenvalue weighted by Gasteiger charge is 2.24. The van der Waals surface area contributed by atoms with Crippen LogP contribution >= 0.6 is 11.6 Å². The van der Waals surface area contributed by atoms with Gasteiger partial charge in [-0.2, -0.15) is 0 Å². The molecule has 0 aliphatic carbocycles. The van der Waals surface area contributed by atoms with Crippen molar-refractivity contribution in [3.05, 3.63) is 47.2 Å². The predicted octanol–water partition coefficient (Wildman–Crippen LogP) is 3.26. The number of hydrogen-bond donors (Lipinski definition) is 0. The van der Waals surface area contributed by atoms with Crippen LogP contribution in [0.1, 0.15) is 25.3 Å². The van der Waals surface area contributed by atoms with Gasteiger partial charge in [-0.15, -0.1) is 0 Å². The van der Waals surface area contributed by atoms with E-state index in [4.69, 9.17) is 11.6 Å². The molecule has 154 valence electrons. The van der Waals surface area contributed by atoms with Crippen molar-refractivity contribution in [3.8, 4) is 0 Å². The minimum Gasteiger partial charge on any atom is -0.356 e. The lowest BCUT2D eigenvalue weighted by atomic mass is 10.0. The highest BCUT2D eigenvalue weighted by molar-refractivity contribution is 6.31. The van der Waals surface area contributed by atoms with E-state index in [1.807, 2.05) is 29.2 Å². The van der Waals surface area contributed by atoms with Gasteiger partial charge in [0.05, 0.1) is 6.42 Å². The second kappa shape index (κ2) is 8.99. The number of hydrogen-bond acceptors (Lipinski definition) is 5. The third-order valence-electron chi connectivity index (χ3n) is 5.88. The largest absolute Gasteiger partial charge is 0.356 e. The predicted molar refractivity (Wildman–Crippen MR) is 117 cm³/mol. The van der Waals surface area contributed by atoms with Crippen LogP contribution in [0.4, 0.5) is 11.6 Å². The first kappa shape index (κ1) is 20.0. The number of aromatic nitrogens is 2. The van der Waals surface area contributed by atoms with Crippen LogP contribution in [0.5, 0.6) is 0 Å². The fraction of sp³-hybridized carbons (Fsp3) is 0.500. The van der Waals surface area contributed by atoms with Gasteiger partial charge in [0.2, 0.25) is 5.91 Å². The maximum absolute atomic E-state index is 12.7. The first-order chi connectivity index (χ1) is 14.1. The fourth-order valence-corrected chi connectivity index (χ4v) is 4.38. The van der Waals surface area contributed by atoms with Crippen molar-refractivity contribution >= 4 is 29.1 Å². The minimum absolute atomic E-state index is 0.128. The first-order valence-electron chi connectivity index (χ1n) is 10.4. The molecule has 0 radical (unpaired) electrons. The molecule has 3 heterocycles. The number of benzene rings is 1. The van der Waals surface area contributed by atoms with Crippen molar-refractivity contribution in [1.82, 2.24) is 14.9 Å². The molecule has 6 nitrogen and oxygen atoms in total. The number of piperidine rings is 1. The molecule has 1 amide bonds. The van der Waals surface area contributed by atoms with E-state index in [1.54, 1.807) is 6.33 Å². The Hall–Kier alpha value is -2.34. The summed E-state index contributed by atoms with van der Waals surface area (Å²) < 4.78 is 0. The number of rotatable bonds is 4. The molecular weight excluding hydrogens is 386 g/mol. The first-order valence-corrected chi connectivity index (χ1v) is 10.8. The number of piperazine rings is 1. The number of carbonyl (C=O) groups excluding carboxylic acids is 1. The second-order valence-corrected chi connectivity index (χ2v) is 8.47. The number of amides is 1. The summed E-state index contributed by atoms with van der Waals surface area (Å²) in [6.07, 6.45) is 4.52. The zero-order valence-electron chi connectivity index (χ0n) is 16.9. The molecule has 2 saturated heterocycles. The molecule has 0 bridgehead atoms. The van der Waals surface area contributed by atoms with Crippen LogP contribution in [0.2, 0.25) is 5.02 Å². The molecular formula is C22H28ClN5O. The molecule has 0 saturated carbocycles. The average molecular weight is 414 g/mol. The SMILES string of the molecule is CC1CCCN(c2cc(N3CCN(C(=O)Cc4ccccc4Cl)CC3)ncn2)C1. The lowest BCUT2D eigenvalue weighted by Gasteiger charge is -2.36. The van der Waals surface area contributed by atoms with Gasteiger partial charge in [0.25, 0.3) is 0 Å². The Morgan fingerprint density at radius 1 is 1.07 bits per heavy atom. The zero-order valence-corrected chi connectivity index (χ0v) is 17.7. The van der Waals surface area contributed by atoms with Gasteiger partial charge in [-0.3, -0.25) is 4.79 Å². The Morgan fingerprint density at radius 3 is 2.52 bits per heavy atom. The maximum Gasteiger partial charge on any atom is 0.227 e. The molecule has 1 unspecified atom stereocenters. The Labute approximate surface area is 177 Å². The molecule has 1 atom stereocenters. The summed E-state index contributed by atoms with van der Waals surface area (Å²) in [5.74, 6) is 2.79. The molecule has 29 heavy (non-hydrogen) atoms. The quantitative estimate of drug-likeness (QED) is 0.770. The van der Waals surface area contributed by atoms with Crippen LogP contribution in [0, 0.1) is 5.92 Å². The van der Waals surface area contributed by atoms with Crippen molar-refractivity contribution < 1.29 is 4.79 Å². The van der Waals surface area contributed by atoms with E-state index >= 15 is 0 Å². The molecule has 4 rings (SSSR count). The minimum atomic E-state index is 0.128. The lowest BCUT2D eigenvalue weighted by Crippen LogP contribution is -2.49. The Kier molecular flexibility index (Phi) is 6.19. The fourth-order valence-electron chi connectivity index (χ4n) is 4.18. The number of carbonyl (C=O) groups is 1. The van der Waals surface area contributed by atoms with E-state index < -0.39 is 0 Å². The standard InChI is InChI=1S/C22H28ClN5O/c1-17-5-4-8-28(15-17)21-14-20(24-16-25-21)26-9-11-27(12-10-26)22(29)13-18-6-2-3-7-19(18)23/h2-3,6-7,14,16-17H,4-5,8-13,15H2,1H3. The normalized spacial score (nSPS) is 20.1. The number of halogens is 1.